The SMILES string of the molecule is CC#CC(=O)N(c1ccc2c(n1)nc(C)n2C)c1cc(C)c(I)cc1C1CC1. The van der Waals surface area contributed by atoms with Crippen molar-refractivity contribution in [2.24, 2.45) is 7.05 Å². The van der Waals surface area contributed by atoms with Crippen molar-refractivity contribution >= 4 is 51.2 Å². The number of aromatic nitrogens is 3. The molecule has 0 atom stereocenters. The molecule has 0 aliphatic heterocycles. The van der Waals surface area contributed by atoms with E-state index in [-0.39, 0.29) is 5.91 Å². The highest BCUT2D eigenvalue weighted by molar-refractivity contribution is 14.1. The zero-order chi connectivity index (χ0) is 20.0. The van der Waals surface area contributed by atoms with Gasteiger partial charge in [-0.1, -0.05) is 5.92 Å². The molecule has 142 valence electrons. The first-order valence-electron chi connectivity index (χ1n) is 9.27. The molecule has 0 radical (unpaired) electrons. The van der Waals surface area contributed by atoms with E-state index in [1.54, 1.807) is 11.8 Å². The Bertz CT molecular complexity index is 1160. The van der Waals surface area contributed by atoms with Crippen molar-refractivity contribution in [2.45, 2.75) is 39.5 Å². The van der Waals surface area contributed by atoms with Crippen LogP contribution in [0.3, 0.4) is 0 Å². The smallest absolute Gasteiger partial charge is 0.308 e. The van der Waals surface area contributed by atoms with Crippen LogP contribution in [0, 0.1) is 29.3 Å². The summed E-state index contributed by atoms with van der Waals surface area (Å²) in [5.74, 6) is 7.10. The predicted octanol–water partition coefficient (Wildman–Crippen LogP) is 4.76. The Morgan fingerprint density at radius 2 is 2.00 bits per heavy atom. The molecule has 0 bridgehead atoms. The highest BCUT2D eigenvalue weighted by Crippen LogP contribution is 2.46. The Morgan fingerprint density at radius 3 is 2.68 bits per heavy atom. The largest absolute Gasteiger partial charge is 0.330 e. The van der Waals surface area contributed by atoms with E-state index in [1.165, 1.54) is 9.13 Å². The van der Waals surface area contributed by atoms with E-state index in [2.05, 4.69) is 58.5 Å². The van der Waals surface area contributed by atoms with Crippen molar-refractivity contribution in [3.63, 3.8) is 0 Å². The number of nitrogens with zero attached hydrogens (tertiary/aromatic N) is 4. The molecule has 0 spiro atoms. The second-order valence-electron chi connectivity index (χ2n) is 7.18. The number of aryl methyl sites for hydroxylation is 3. The standard InChI is InChI=1S/C22H21IN4O/c1-5-6-21(28)27(19-11-13(2)17(23)12-16(19)15-7-8-15)20-10-9-18-22(25-20)24-14(3)26(18)4/h9-12,15H,7-8H2,1-4H3. The van der Waals surface area contributed by atoms with Gasteiger partial charge >= 0.3 is 5.91 Å². The minimum atomic E-state index is -0.274. The van der Waals surface area contributed by atoms with Crippen LogP contribution in [0.1, 0.15) is 42.6 Å². The summed E-state index contributed by atoms with van der Waals surface area (Å²) in [7, 11) is 1.96. The Labute approximate surface area is 178 Å². The van der Waals surface area contributed by atoms with E-state index in [1.807, 2.05) is 30.7 Å². The average molecular weight is 484 g/mol. The first-order chi connectivity index (χ1) is 13.4. The van der Waals surface area contributed by atoms with Crippen LogP contribution in [-0.4, -0.2) is 20.4 Å². The summed E-state index contributed by atoms with van der Waals surface area (Å²) in [6.45, 7) is 5.69. The van der Waals surface area contributed by atoms with Crippen LogP contribution < -0.4 is 4.90 Å². The summed E-state index contributed by atoms with van der Waals surface area (Å²) in [5, 5.41) is 0. The highest BCUT2D eigenvalue weighted by Gasteiger charge is 2.31. The van der Waals surface area contributed by atoms with Gasteiger partial charge in [-0.3, -0.25) is 9.69 Å². The maximum atomic E-state index is 13.0. The lowest BCUT2D eigenvalue weighted by atomic mass is 10.0. The molecule has 28 heavy (non-hydrogen) atoms. The van der Waals surface area contributed by atoms with Gasteiger partial charge in [0.2, 0.25) is 0 Å². The van der Waals surface area contributed by atoms with Crippen molar-refractivity contribution in [1.82, 2.24) is 14.5 Å². The third-order valence-corrected chi connectivity index (χ3v) is 6.35. The van der Waals surface area contributed by atoms with Gasteiger partial charge in [0.25, 0.3) is 0 Å². The minimum absolute atomic E-state index is 0.274. The Balaban J connectivity index is 1.93. The van der Waals surface area contributed by atoms with Crippen molar-refractivity contribution in [3.8, 4) is 11.8 Å². The second-order valence-corrected chi connectivity index (χ2v) is 8.34. The molecule has 1 aliphatic carbocycles. The van der Waals surface area contributed by atoms with Crippen LogP contribution >= 0.6 is 22.6 Å². The summed E-state index contributed by atoms with van der Waals surface area (Å²) in [6.07, 6.45) is 2.30. The van der Waals surface area contributed by atoms with Gasteiger partial charge in [-0.05, 0) is 103 Å². The van der Waals surface area contributed by atoms with Crippen LogP contribution in [0.25, 0.3) is 11.2 Å². The molecule has 1 fully saturated rings. The molecule has 6 heteroatoms. The van der Waals surface area contributed by atoms with E-state index in [9.17, 15) is 4.79 Å². The third kappa shape index (κ3) is 3.28. The molecule has 1 aliphatic rings. The fourth-order valence-electron chi connectivity index (χ4n) is 3.40. The third-order valence-electron chi connectivity index (χ3n) is 5.18. The van der Waals surface area contributed by atoms with E-state index >= 15 is 0 Å². The average Bonchev–Trinajstić information content (AvgIpc) is 3.45. The number of halogens is 1. The van der Waals surface area contributed by atoms with Crippen LogP contribution in [0.4, 0.5) is 11.5 Å². The lowest BCUT2D eigenvalue weighted by molar-refractivity contribution is -0.112. The number of amides is 1. The molecule has 1 amide bonds. The lowest BCUT2D eigenvalue weighted by Crippen LogP contribution is -2.26. The Morgan fingerprint density at radius 1 is 1.25 bits per heavy atom. The number of hydrogen-bond donors (Lipinski definition) is 0. The van der Waals surface area contributed by atoms with E-state index < -0.39 is 0 Å². The second kappa shape index (κ2) is 7.21. The Kier molecular flexibility index (Phi) is 4.88. The van der Waals surface area contributed by atoms with Gasteiger partial charge in [-0.15, -0.1) is 0 Å². The van der Waals surface area contributed by atoms with Gasteiger partial charge in [-0.25, -0.2) is 9.97 Å². The molecule has 3 aromatic rings. The predicted molar refractivity (Wildman–Crippen MR) is 120 cm³/mol. The molecule has 2 heterocycles. The first kappa shape index (κ1) is 18.9. The Hall–Kier alpha value is -2.40. The quantitative estimate of drug-likeness (QED) is 0.398. The lowest BCUT2D eigenvalue weighted by Gasteiger charge is -2.23. The van der Waals surface area contributed by atoms with Crippen LogP contribution in [0.15, 0.2) is 24.3 Å². The number of hydrogen-bond acceptors (Lipinski definition) is 3. The molecule has 4 rings (SSSR count). The van der Waals surface area contributed by atoms with Crippen molar-refractivity contribution in [3.05, 3.63) is 44.8 Å². The number of imidazole rings is 1. The zero-order valence-electron chi connectivity index (χ0n) is 16.4. The maximum absolute atomic E-state index is 13.0. The molecule has 1 saturated carbocycles. The number of fused-ring (bicyclic) bond motifs is 1. The van der Waals surface area contributed by atoms with Crippen molar-refractivity contribution in [1.29, 1.82) is 0 Å². The van der Waals surface area contributed by atoms with Crippen molar-refractivity contribution in [2.75, 3.05) is 4.90 Å². The van der Waals surface area contributed by atoms with Gasteiger partial charge in [-0.2, -0.15) is 0 Å². The normalized spacial score (nSPS) is 13.3. The van der Waals surface area contributed by atoms with Crippen LogP contribution in [0.2, 0.25) is 0 Å². The minimum Gasteiger partial charge on any atom is -0.330 e. The maximum Gasteiger partial charge on any atom is 0.308 e. The van der Waals surface area contributed by atoms with Crippen molar-refractivity contribution < 1.29 is 4.79 Å². The molecule has 0 N–H and O–H groups in total. The van der Waals surface area contributed by atoms with E-state index in [0.717, 1.165) is 35.4 Å². The van der Waals surface area contributed by atoms with Gasteiger partial charge < -0.3 is 4.57 Å². The summed E-state index contributed by atoms with van der Waals surface area (Å²) in [4.78, 5) is 23.9. The zero-order valence-corrected chi connectivity index (χ0v) is 18.5. The number of rotatable bonds is 3. The molecule has 0 unspecified atom stereocenters. The van der Waals surface area contributed by atoms with E-state index in [4.69, 9.17) is 4.98 Å². The molecule has 5 nitrogen and oxygen atoms in total. The molecule has 2 aromatic heterocycles. The van der Waals surface area contributed by atoms with E-state index in [0.29, 0.717) is 17.4 Å². The highest BCUT2D eigenvalue weighted by atomic mass is 127. The van der Waals surface area contributed by atoms with Gasteiger partial charge in [0.15, 0.2) is 5.65 Å². The molecular weight excluding hydrogens is 463 g/mol. The van der Waals surface area contributed by atoms with Gasteiger partial charge in [0.05, 0.1) is 11.2 Å². The first-order valence-corrected chi connectivity index (χ1v) is 10.4. The van der Waals surface area contributed by atoms with Crippen LogP contribution in [-0.2, 0) is 11.8 Å². The summed E-state index contributed by atoms with van der Waals surface area (Å²) in [6, 6.07) is 8.13. The molecule has 0 saturated heterocycles. The topological polar surface area (TPSA) is 51.0 Å². The van der Waals surface area contributed by atoms with Gasteiger partial charge in [0, 0.05) is 10.6 Å². The number of pyridine rings is 1. The fourth-order valence-corrected chi connectivity index (χ4v) is 3.89. The summed E-state index contributed by atoms with van der Waals surface area (Å²) in [5.41, 5.74) is 4.79. The summed E-state index contributed by atoms with van der Waals surface area (Å²) < 4.78 is 3.20. The number of carbonyl (C=O) groups excluding carboxylic acids is 1. The number of benzene rings is 1. The monoisotopic (exact) mass is 484 g/mol. The van der Waals surface area contributed by atoms with Gasteiger partial charge in [0.1, 0.15) is 11.6 Å². The number of carbonyl (C=O) groups is 1. The summed E-state index contributed by atoms with van der Waals surface area (Å²) >= 11 is 2.36. The molecular formula is C22H21IN4O. The fraction of sp³-hybridized carbons (Fsp3) is 0.318. The number of anilines is 2. The molecule has 1 aromatic carbocycles. The van der Waals surface area contributed by atoms with Crippen LogP contribution in [0.5, 0.6) is 0 Å².